The summed E-state index contributed by atoms with van der Waals surface area (Å²) in [5.41, 5.74) is 1.04. The maximum Gasteiger partial charge on any atom is 0.218 e. The van der Waals surface area contributed by atoms with Gasteiger partial charge in [0.25, 0.3) is 0 Å². The molecule has 0 N–H and O–H groups in total. The highest BCUT2D eigenvalue weighted by molar-refractivity contribution is 7.80. The van der Waals surface area contributed by atoms with E-state index in [0.717, 1.165) is 29.2 Å². The van der Waals surface area contributed by atoms with Gasteiger partial charge in [0.05, 0.1) is 6.61 Å². The molecule has 0 spiro atoms. The van der Waals surface area contributed by atoms with Gasteiger partial charge in [0.1, 0.15) is 11.9 Å². The number of halogens is 1. The fourth-order valence-electron chi connectivity index (χ4n) is 2.14. The molecule has 21 heavy (non-hydrogen) atoms. The Bertz CT molecular complexity index is 562. The number of hydrogen-bond donors (Lipinski definition) is 0. The number of aryl methyl sites for hydroxylation is 1. The number of nitrogens with zero attached hydrogens (tertiary/aromatic N) is 3. The minimum atomic E-state index is 0.00501. The molecule has 1 heterocycles. The molecule has 4 nitrogen and oxygen atoms in total. The molecule has 1 atom stereocenters. The van der Waals surface area contributed by atoms with E-state index in [1.807, 2.05) is 36.1 Å². The molecule has 2 rings (SSSR count). The van der Waals surface area contributed by atoms with Crippen LogP contribution in [-0.4, -0.2) is 29.3 Å². The lowest BCUT2D eigenvalue weighted by molar-refractivity contribution is 0.273. The first-order chi connectivity index (χ1) is 10.1. The average Bonchev–Trinajstić information content (AvgIpc) is 2.79. The second kappa shape index (κ2) is 7.52. The van der Waals surface area contributed by atoms with E-state index in [4.69, 9.17) is 28.6 Å². The largest absolute Gasteiger partial charge is 0.493 e. The van der Waals surface area contributed by atoms with Gasteiger partial charge in [0.2, 0.25) is 5.11 Å². The molecule has 1 aromatic carbocycles. The van der Waals surface area contributed by atoms with Crippen molar-refractivity contribution in [3.63, 3.8) is 0 Å². The van der Waals surface area contributed by atoms with Crippen molar-refractivity contribution in [2.24, 2.45) is 10.2 Å². The molecular formula is C15H18ClN3OS. The highest BCUT2D eigenvalue weighted by atomic mass is 35.5. The molecule has 0 amide bonds. The lowest BCUT2D eigenvalue weighted by atomic mass is 10.2. The second-order valence-corrected chi connectivity index (χ2v) is 5.62. The van der Waals surface area contributed by atoms with Gasteiger partial charge in [-0.25, -0.2) is 0 Å². The summed E-state index contributed by atoms with van der Waals surface area (Å²) in [6.07, 6.45) is 3.54. The molecule has 0 saturated heterocycles. The van der Waals surface area contributed by atoms with E-state index in [1.54, 1.807) is 0 Å². The van der Waals surface area contributed by atoms with Crippen LogP contribution >= 0.6 is 23.8 Å². The Hall–Kier alpha value is -1.46. The molecular weight excluding hydrogens is 306 g/mol. The van der Waals surface area contributed by atoms with E-state index in [2.05, 4.69) is 16.8 Å². The summed E-state index contributed by atoms with van der Waals surface area (Å²) in [6.45, 7) is 7.01. The van der Waals surface area contributed by atoms with Gasteiger partial charge in [-0.1, -0.05) is 17.7 Å². The van der Waals surface area contributed by atoms with Crippen LogP contribution in [0.4, 0.5) is 0 Å². The van der Waals surface area contributed by atoms with E-state index in [0.29, 0.717) is 18.3 Å². The van der Waals surface area contributed by atoms with Crippen molar-refractivity contribution in [1.29, 1.82) is 0 Å². The SMILES string of the molecule is C=CCN1C(=S)N=NC1CCCOc1ccc(Cl)cc1C. The lowest BCUT2D eigenvalue weighted by Gasteiger charge is -2.21. The summed E-state index contributed by atoms with van der Waals surface area (Å²) < 4.78 is 5.77. The van der Waals surface area contributed by atoms with Gasteiger partial charge < -0.3 is 9.64 Å². The van der Waals surface area contributed by atoms with Crippen LogP contribution in [0.5, 0.6) is 5.75 Å². The van der Waals surface area contributed by atoms with Crippen LogP contribution in [-0.2, 0) is 0 Å². The van der Waals surface area contributed by atoms with Crippen molar-refractivity contribution >= 4 is 28.9 Å². The van der Waals surface area contributed by atoms with Crippen molar-refractivity contribution in [3.05, 3.63) is 41.4 Å². The quantitative estimate of drug-likeness (QED) is 0.425. The van der Waals surface area contributed by atoms with E-state index >= 15 is 0 Å². The Labute approximate surface area is 135 Å². The van der Waals surface area contributed by atoms with Gasteiger partial charge in [-0.05, 0) is 55.7 Å². The maximum absolute atomic E-state index is 5.92. The zero-order chi connectivity index (χ0) is 15.2. The number of hydrogen-bond acceptors (Lipinski definition) is 3. The Morgan fingerprint density at radius 3 is 3.05 bits per heavy atom. The fourth-order valence-corrected chi connectivity index (χ4v) is 2.61. The number of thiocarbonyl (C=S) groups is 1. The number of benzene rings is 1. The van der Waals surface area contributed by atoms with E-state index in [9.17, 15) is 0 Å². The summed E-state index contributed by atoms with van der Waals surface area (Å²) in [5, 5.41) is 9.40. The maximum atomic E-state index is 5.92. The first-order valence-corrected chi connectivity index (χ1v) is 7.61. The zero-order valence-electron chi connectivity index (χ0n) is 12.0. The number of ether oxygens (including phenoxy) is 1. The molecule has 6 heteroatoms. The molecule has 0 bridgehead atoms. The van der Waals surface area contributed by atoms with Crippen LogP contribution < -0.4 is 4.74 Å². The van der Waals surface area contributed by atoms with E-state index < -0.39 is 0 Å². The van der Waals surface area contributed by atoms with Crippen LogP contribution in [0.15, 0.2) is 41.1 Å². The average molecular weight is 324 g/mol. The van der Waals surface area contributed by atoms with Gasteiger partial charge >= 0.3 is 0 Å². The molecule has 0 saturated carbocycles. The molecule has 0 aliphatic carbocycles. The van der Waals surface area contributed by atoms with Crippen LogP contribution in [0, 0.1) is 6.92 Å². The first-order valence-electron chi connectivity index (χ1n) is 6.83. The van der Waals surface area contributed by atoms with Crippen molar-refractivity contribution in [2.45, 2.75) is 25.9 Å². The minimum Gasteiger partial charge on any atom is -0.493 e. The molecule has 1 aliphatic heterocycles. The van der Waals surface area contributed by atoms with Crippen LogP contribution in [0.25, 0.3) is 0 Å². The molecule has 0 radical (unpaired) electrons. The second-order valence-electron chi connectivity index (χ2n) is 4.82. The third-order valence-corrected chi connectivity index (χ3v) is 3.76. The van der Waals surface area contributed by atoms with Crippen LogP contribution in [0.3, 0.4) is 0 Å². The molecule has 1 aliphatic rings. The van der Waals surface area contributed by atoms with Crippen molar-refractivity contribution < 1.29 is 4.74 Å². The number of rotatable bonds is 7. The summed E-state index contributed by atoms with van der Waals surface area (Å²) in [7, 11) is 0. The monoisotopic (exact) mass is 323 g/mol. The molecule has 112 valence electrons. The highest BCUT2D eigenvalue weighted by Gasteiger charge is 2.24. The fraction of sp³-hybridized carbons (Fsp3) is 0.400. The third-order valence-electron chi connectivity index (χ3n) is 3.21. The summed E-state index contributed by atoms with van der Waals surface area (Å²) in [6, 6.07) is 5.62. The highest BCUT2D eigenvalue weighted by Crippen LogP contribution is 2.23. The molecule has 1 unspecified atom stereocenters. The minimum absolute atomic E-state index is 0.00501. The summed E-state index contributed by atoms with van der Waals surface area (Å²) in [4.78, 5) is 1.97. The Balaban J connectivity index is 1.78. The van der Waals surface area contributed by atoms with Gasteiger partial charge in [0.15, 0.2) is 0 Å². The number of azo groups is 1. The third kappa shape index (κ3) is 4.25. The van der Waals surface area contributed by atoms with Crippen molar-refractivity contribution in [1.82, 2.24) is 4.90 Å². The molecule has 1 aromatic rings. The lowest BCUT2D eigenvalue weighted by Crippen LogP contribution is -2.33. The Morgan fingerprint density at radius 2 is 2.33 bits per heavy atom. The predicted octanol–water partition coefficient (Wildman–Crippen LogP) is 4.37. The zero-order valence-corrected chi connectivity index (χ0v) is 13.5. The van der Waals surface area contributed by atoms with Gasteiger partial charge in [0, 0.05) is 11.6 Å². The molecule has 0 fully saturated rings. The summed E-state index contributed by atoms with van der Waals surface area (Å²) in [5.74, 6) is 0.867. The Morgan fingerprint density at radius 1 is 1.52 bits per heavy atom. The van der Waals surface area contributed by atoms with Crippen LogP contribution in [0.2, 0.25) is 5.02 Å². The normalized spacial score (nSPS) is 17.3. The van der Waals surface area contributed by atoms with Crippen molar-refractivity contribution in [3.8, 4) is 5.75 Å². The topological polar surface area (TPSA) is 37.2 Å². The van der Waals surface area contributed by atoms with Gasteiger partial charge in [-0.15, -0.1) is 11.7 Å². The van der Waals surface area contributed by atoms with Gasteiger partial charge in [-0.2, -0.15) is 5.11 Å². The first kappa shape index (κ1) is 15.9. The predicted molar refractivity (Wildman–Crippen MR) is 89.1 cm³/mol. The van der Waals surface area contributed by atoms with Crippen molar-refractivity contribution in [2.75, 3.05) is 13.2 Å². The van der Waals surface area contributed by atoms with E-state index in [1.165, 1.54) is 0 Å². The Kier molecular flexibility index (Phi) is 5.70. The smallest absolute Gasteiger partial charge is 0.218 e. The van der Waals surface area contributed by atoms with Gasteiger partial charge in [-0.3, -0.25) is 0 Å². The summed E-state index contributed by atoms with van der Waals surface area (Å²) >= 11 is 11.1. The molecule has 0 aromatic heterocycles. The standard InChI is InChI=1S/C15H18ClN3OS/c1-3-8-19-14(17-18-15(19)21)5-4-9-20-13-7-6-12(16)10-11(13)2/h3,6-7,10,14H,1,4-5,8-9H2,2H3. The van der Waals surface area contributed by atoms with E-state index in [-0.39, 0.29) is 6.17 Å². The van der Waals surface area contributed by atoms with Crippen LogP contribution in [0.1, 0.15) is 18.4 Å².